The Bertz CT molecular complexity index is 416. The first-order valence-corrected chi connectivity index (χ1v) is 8.20. The molecule has 23 heavy (non-hydrogen) atoms. The molecule has 0 spiro atoms. The fraction of sp³-hybridized carbons (Fsp3) is 0.882. The van der Waals surface area contributed by atoms with Crippen LogP contribution in [-0.4, -0.2) is 42.0 Å². The Hall–Kier alpha value is -1.30. The van der Waals surface area contributed by atoms with E-state index in [2.05, 4.69) is 5.32 Å². The summed E-state index contributed by atoms with van der Waals surface area (Å²) in [5, 5.41) is 2.73. The minimum atomic E-state index is -0.515. The molecule has 1 aliphatic rings. The average molecular weight is 329 g/mol. The molecule has 0 unspecified atom stereocenters. The van der Waals surface area contributed by atoms with E-state index in [9.17, 15) is 9.59 Å². The Balaban J connectivity index is 2.19. The van der Waals surface area contributed by atoms with Gasteiger partial charge in [-0.2, -0.15) is 0 Å². The summed E-state index contributed by atoms with van der Waals surface area (Å²) in [6.45, 7) is 13.3. The smallest absolute Gasteiger partial charge is 0.407 e. The van der Waals surface area contributed by atoms with Crippen LogP contribution < -0.4 is 5.32 Å². The summed E-state index contributed by atoms with van der Waals surface area (Å²) in [7, 11) is 0. The minimum Gasteiger partial charge on any atom is -0.460 e. The van der Waals surface area contributed by atoms with E-state index < -0.39 is 17.3 Å². The third-order valence-corrected chi connectivity index (χ3v) is 3.18. The first-order chi connectivity index (χ1) is 10.4. The molecule has 0 bridgehead atoms. The summed E-state index contributed by atoms with van der Waals surface area (Å²) in [5.41, 5.74) is -0.964. The molecule has 0 heterocycles. The summed E-state index contributed by atoms with van der Waals surface area (Å²) < 4.78 is 16.2. The van der Waals surface area contributed by atoms with Gasteiger partial charge in [0, 0.05) is 0 Å². The minimum absolute atomic E-state index is 0.0513. The second kappa shape index (κ2) is 7.51. The molecule has 1 amide bonds. The predicted molar refractivity (Wildman–Crippen MR) is 87.1 cm³/mol. The van der Waals surface area contributed by atoms with E-state index in [0.717, 1.165) is 0 Å². The summed E-state index contributed by atoms with van der Waals surface area (Å²) >= 11 is 0. The molecule has 1 aliphatic carbocycles. The SMILES string of the molecule is C[C@@H](COC1CC(C(=O)OC(C)(C)C)C1)NC(=O)OC(C)(C)C. The van der Waals surface area contributed by atoms with Crippen molar-refractivity contribution >= 4 is 12.1 Å². The lowest BCUT2D eigenvalue weighted by Crippen LogP contribution is -2.43. The van der Waals surface area contributed by atoms with E-state index in [1.807, 2.05) is 48.5 Å². The zero-order chi connectivity index (χ0) is 17.8. The maximum absolute atomic E-state index is 11.9. The van der Waals surface area contributed by atoms with Crippen LogP contribution >= 0.6 is 0 Å². The van der Waals surface area contributed by atoms with Crippen LogP contribution in [0.3, 0.4) is 0 Å². The number of hydrogen-bond donors (Lipinski definition) is 1. The van der Waals surface area contributed by atoms with Crippen LogP contribution in [0, 0.1) is 5.92 Å². The Morgan fingerprint density at radius 2 is 1.57 bits per heavy atom. The monoisotopic (exact) mass is 329 g/mol. The second-order valence-corrected chi connectivity index (χ2v) is 8.20. The van der Waals surface area contributed by atoms with Crippen LogP contribution in [0.4, 0.5) is 4.79 Å². The highest BCUT2D eigenvalue weighted by Gasteiger charge is 2.38. The van der Waals surface area contributed by atoms with Crippen LogP contribution in [0.2, 0.25) is 0 Å². The molecule has 1 atom stereocenters. The van der Waals surface area contributed by atoms with Gasteiger partial charge in [0.05, 0.1) is 24.7 Å². The van der Waals surface area contributed by atoms with Gasteiger partial charge in [-0.1, -0.05) is 0 Å². The predicted octanol–water partition coefficient (Wildman–Crippen LogP) is 3.04. The summed E-state index contributed by atoms with van der Waals surface area (Å²) in [6, 6.07) is -0.148. The molecule has 1 N–H and O–H groups in total. The quantitative estimate of drug-likeness (QED) is 0.785. The van der Waals surface area contributed by atoms with Gasteiger partial charge in [0.2, 0.25) is 0 Å². The van der Waals surface area contributed by atoms with Gasteiger partial charge < -0.3 is 19.5 Å². The molecule has 0 aromatic carbocycles. The maximum atomic E-state index is 11.9. The lowest BCUT2D eigenvalue weighted by atomic mass is 9.82. The zero-order valence-corrected chi connectivity index (χ0v) is 15.4. The molecule has 1 rings (SSSR count). The van der Waals surface area contributed by atoms with Crippen molar-refractivity contribution in [3.8, 4) is 0 Å². The number of carbonyl (C=O) groups excluding carboxylic acids is 2. The van der Waals surface area contributed by atoms with Gasteiger partial charge in [-0.15, -0.1) is 0 Å². The molecule has 6 heteroatoms. The van der Waals surface area contributed by atoms with Gasteiger partial charge in [-0.3, -0.25) is 4.79 Å². The molecule has 0 aromatic heterocycles. The summed E-state index contributed by atoms with van der Waals surface area (Å²) in [6.07, 6.45) is 0.951. The lowest BCUT2D eigenvalue weighted by Gasteiger charge is -2.35. The average Bonchev–Trinajstić information content (AvgIpc) is 2.20. The molecule has 0 radical (unpaired) electrons. The second-order valence-electron chi connectivity index (χ2n) is 8.20. The van der Waals surface area contributed by atoms with Gasteiger partial charge in [0.15, 0.2) is 0 Å². The molecule has 0 saturated heterocycles. The summed E-state index contributed by atoms with van der Waals surface area (Å²) in [5.74, 6) is -0.231. The molecule has 0 aromatic rings. The molecule has 0 aliphatic heterocycles. The fourth-order valence-corrected chi connectivity index (χ4v) is 2.11. The number of ether oxygens (including phenoxy) is 3. The van der Waals surface area contributed by atoms with E-state index in [1.165, 1.54) is 0 Å². The number of rotatable bonds is 5. The topological polar surface area (TPSA) is 73.9 Å². The van der Waals surface area contributed by atoms with E-state index in [1.54, 1.807) is 0 Å². The van der Waals surface area contributed by atoms with Crippen LogP contribution in [0.1, 0.15) is 61.3 Å². The van der Waals surface area contributed by atoms with Crippen molar-refractivity contribution in [3.63, 3.8) is 0 Å². The Morgan fingerprint density at radius 3 is 2.04 bits per heavy atom. The van der Waals surface area contributed by atoms with E-state index in [-0.39, 0.29) is 24.0 Å². The Morgan fingerprint density at radius 1 is 1.04 bits per heavy atom. The van der Waals surface area contributed by atoms with Gasteiger partial charge >= 0.3 is 12.1 Å². The first-order valence-electron chi connectivity index (χ1n) is 8.20. The lowest BCUT2D eigenvalue weighted by molar-refractivity contribution is -0.169. The van der Waals surface area contributed by atoms with Crippen molar-refractivity contribution in [2.45, 2.75) is 84.7 Å². The van der Waals surface area contributed by atoms with Crippen molar-refractivity contribution < 1.29 is 23.8 Å². The maximum Gasteiger partial charge on any atom is 0.407 e. The molecule has 134 valence electrons. The van der Waals surface area contributed by atoms with Crippen LogP contribution in [0.25, 0.3) is 0 Å². The Labute approximate surface area is 139 Å². The standard InChI is InChI=1S/C17H31NO5/c1-11(18-15(20)23-17(5,6)7)10-21-13-8-12(9-13)14(19)22-16(2,3)4/h11-13H,8-10H2,1-7H3,(H,18,20)/t11-,12?,13?/m0/s1. The van der Waals surface area contributed by atoms with Crippen LogP contribution in [0.15, 0.2) is 0 Å². The van der Waals surface area contributed by atoms with Crippen molar-refractivity contribution in [1.29, 1.82) is 0 Å². The molecule has 1 saturated carbocycles. The van der Waals surface area contributed by atoms with Gasteiger partial charge in [-0.05, 0) is 61.3 Å². The Kier molecular flexibility index (Phi) is 6.45. The molecular formula is C17H31NO5. The van der Waals surface area contributed by atoms with Crippen molar-refractivity contribution in [3.05, 3.63) is 0 Å². The third kappa shape index (κ3) is 8.21. The highest BCUT2D eigenvalue weighted by Crippen LogP contribution is 2.32. The van der Waals surface area contributed by atoms with Crippen LogP contribution in [-0.2, 0) is 19.0 Å². The molecule has 6 nitrogen and oxygen atoms in total. The zero-order valence-electron chi connectivity index (χ0n) is 15.4. The normalized spacial score (nSPS) is 22.7. The van der Waals surface area contributed by atoms with E-state index >= 15 is 0 Å². The molecular weight excluding hydrogens is 298 g/mol. The first kappa shape index (κ1) is 19.7. The van der Waals surface area contributed by atoms with Gasteiger partial charge in [-0.25, -0.2) is 4.79 Å². The highest BCUT2D eigenvalue weighted by molar-refractivity contribution is 5.74. The number of esters is 1. The number of carbonyl (C=O) groups is 2. The van der Waals surface area contributed by atoms with Crippen molar-refractivity contribution in [2.24, 2.45) is 5.92 Å². The molecule has 1 fully saturated rings. The van der Waals surface area contributed by atoms with Crippen LogP contribution in [0.5, 0.6) is 0 Å². The van der Waals surface area contributed by atoms with E-state index in [4.69, 9.17) is 14.2 Å². The van der Waals surface area contributed by atoms with Crippen molar-refractivity contribution in [2.75, 3.05) is 6.61 Å². The van der Waals surface area contributed by atoms with Crippen molar-refractivity contribution in [1.82, 2.24) is 5.32 Å². The third-order valence-electron chi connectivity index (χ3n) is 3.18. The summed E-state index contributed by atoms with van der Waals surface area (Å²) in [4.78, 5) is 23.5. The number of alkyl carbamates (subject to hydrolysis) is 1. The highest BCUT2D eigenvalue weighted by atomic mass is 16.6. The largest absolute Gasteiger partial charge is 0.460 e. The number of nitrogens with one attached hydrogen (secondary N) is 1. The number of amides is 1. The fourth-order valence-electron chi connectivity index (χ4n) is 2.11. The van der Waals surface area contributed by atoms with E-state index in [0.29, 0.717) is 19.4 Å². The van der Waals surface area contributed by atoms with Gasteiger partial charge in [0.1, 0.15) is 11.2 Å². The van der Waals surface area contributed by atoms with Gasteiger partial charge in [0.25, 0.3) is 0 Å². The number of hydrogen-bond acceptors (Lipinski definition) is 5.